The predicted octanol–water partition coefficient (Wildman–Crippen LogP) is 1.66. The Bertz CT molecular complexity index is 465. The van der Waals surface area contributed by atoms with Crippen LogP contribution in [0.3, 0.4) is 0 Å². The van der Waals surface area contributed by atoms with Gasteiger partial charge in [0.15, 0.2) is 5.92 Å². The van der Waals surface area contributed by atoms with Gasteiger partial charge in [-0.2, -0.15) is 5.26 Å². The molecule has 1 amide bonds. The van der Waals surface area contributed by atoms with Crippen LogP contribution in [0.5, 0.6) is 0 Å². The minimum absolute atomic E-state index is 0.155. The molecule has 0 aromatic heterocycles. The molecule has 1 saturated heterocycles. The molecular formula is C15H22N4O. The van der Waals surface area contributed by atoms with Gasteiger partial charge in [0.05, 0.1) is 11.6 Å². The summed E-state index contributed by atoms with van der Waals surface area (Å²) in [7, 11) is 0. The quantitative estimate of drug-likeness (QED) is 0.730. The predicted molar refractivity (Wildman–Crippen MR) is 75.9 cm³/mol. The molecule has 2 aliphatic heterocycles. The van der Waals surface area contributed by atoms with E-state index in [2.05, 4.69) is 23.2 Å². The summed E-state index contributed by atoms with van der Waals surface area (Å²) < 4.78 is 0. The number of guanidine groups is 1. The van der Waals surface area contributed by atoms with Crippen LogP contribution in [0.2, 0.25) is 0 Å². The van der Waals surface area contributed by atoms with Gasteiger partial charge in [0.1, 0.15) is 0 Å². The van der Waals surface area contributed by atoms with Gasteiger partial charge < -0.3 is 4.90 Å². The van der Waals surface area contributed by atoms with Gasteiger partial charge in [-0.25, -0.2) is 4.99 Å². The highest BCUT2D eigenvalue weighted by Crippen LogP contribution is 2.41. The van der Waals surface area contributed by atoms with Crippen molar-refractivity contribution in [2.45, 2.75) is 51.0 Å². The number of aliphatic imine (C=N–C) groups is 1. The highest BCUT2D eigenvalue weighted by molar-refractivity contribution is 6.02. The lowest BCUT2D eigenvalue weighted by Crippen LogP contribution is -2.57. The van der Waals surface area contributed by atoms with Crippen LogP contribution in [0.25, 0.3) is 0 Å². The van der Waals surface area contributed by atoms with E-state index in [1.165, 1.54) is 0 Å². The average molecular weight is 274 g/mol. The molecule has 0 radical (unpaired) electrons. The number of carbonyl (C=O) groups excluding carboxylic acids is 1. The maximum atomic E-state index is 12.3. The molecule has 108 valence electrons. The molecule has 1 aliphatic carbocycles. The van der Waals surface area contributed by atoms with Crippen molar-refractivity contribution in [3.63, 3.8) is 0 Å². The van der Waals surface area contributed by atoms with Crippen LogP contribution in [0.1, 0.15) is 45.4 Å². The number of rotatable bonds is 0. The Morgan fingerprint density at radius 2 is 2.00 bits per heavy atom. The summed E-state index contributed by atoms with van der Waals surface area (Å²) in [5.41, 5.74) is -0.449. The molecule has 20 heavy (non-hydrogen) atoms. The van der Waals surface area contributed by atoms with Crippen LogP contribution in [-0.4, -0.2) is 35.4 Å². The van der Waals surface area contributed by atoms with Gasteiger partial charge in [-0.1, -0.05) is 19.8 Å². The Morgan fingerprint density at radius 3 is 2.60 bits per heavy atom. The summed E-state index contributed by atoms with van der Waals surface area (Å²) in [6.07, 6.45) is 6.16. The molecule has 3 aliphatic rings. The van der Waals surface area contributed by atoms with E-state index in [1.54, 1.807) is 0 Å². The number of nitrogens with zero attached hydrogens (tertiary/aromatic N) is 3. The van der Waals surface area contributed by atoms with Crippen molar-refractivity contribution in [2.24, 2.45) is 16.8 Å². The molecule has 3 rings (SSSR count). The largest absolute Gasteiger partial charge is 0.343 e. The van der Waals surface area contributed by atoms with Crippen molar-refractivity contribution in [2.75, 3.05) is 13.1 Å². The highest BCUT2D eigenvalue weighted by atomic mass is 16.2. The maximum absolute atomic E-state index is 12.3. The summed E-state index contributed by atoms with van der Waals surface area (Å²) in [5, 5.41) is 12.2. The van der Waals surface area contributed by atoms with E-state index in [-0.39, 0.29) is 5.91 Å². The van der Waals surface area contributed by atoms with Gasteiger partial charge in [-0.15, -0.1) is 0 Å². The van der Waals surface area contributed by atoms with Crippen LogP contribution in [0.15, 0.2) is 4.99 Å². The van der Waals surface area contributed by atoms with E-state index in [0.29, 0.717) is 0 Å². The first kappa shape index (κ1) is 13.4. The minimum Gasteiger partial charge on any atom is -0.343 e. The number of amides is 1. The lowest BCUT2D eigenvalue weighted by Gasteiger charge is -2.39. The zero-order valence-corrected chi connectivity index (χ0v) is 12.1. The number of nitrogens with one attached hydrogen (secondary N) is 1. The monoisotopic (exact) mass is 274 g/mol. The van der Waals surface area contributed by atoms with Crippen molar-refractivity contribution < 1.29 is 4.79 Å². The Morgan fingerprint density at radius 1 is 1.35 bits per heavy atom. The second-order valence-corrected chi connectivity index (χ2v) is 6.47. The van der Waals surface area contributed by atoms with E-state index >= 15 is 0 Å². The smallest absolute Gasteiger partial charge is 0.246 e. The van der Waals surface area contributed by atoms with Gasteiger partial charge in [-0.05, 0) is 31.6 Å². The second kappa shape index (κ2) is 5.08. The normalized spacial score (nSPS) is 30.0. The first-order valence-corrected chi connectivity index (χ1v) is 7.70. The third kappa shape index (κ3) is 2.17. The van der Waals surface area contributed by atoms with E-state index in [4.69, 9.17) is 4.99 Å². The first-order chi connectivity index (χ1) is 9.64. The third-order valence-electron chi connectivity index (χ3n) is 5.04. The van der Waals surface area contributed by atoms with Gasteiger partial charge in [-0.3, -0.25) is 10.1 Å². The number of piperidine rings is 1. The van der Waals surface area contributed by atoms with Gasteiger partial charge in [0.25, 0.3) is 0 Å². The number of carbonyl (C=O) groups is 1. The summed E-state index contributed by atoms with van der Waals surface area (Å²) in [5.74, 6) is 0.698. The Hall–Kier alpha value is -1.57. The van der Waals surface area contributed by atoms with Crippen molar-refractivity contribution in [1.82, 2.24) is 10.2 Å². The molecule has 0 aromatic carbocycles. The molecule has 1 spiro atoms. The van der Waals surface area contributed by atoms with Crippen molar-refractivity contribution in [1.29, 1.82) is 5.26 Å². The fourth-order valence-corrected chi connectivity index (χ4v) is 3.67. The molecular weight excluding hydrogens is 252 g/mol. The van der Waals surface area contributed by atoms with Crippen molar-refractivity contribution in [3.8, 4) is 6.07 Å². The molecule has 5 nitrogen and oxygen atoms in total. The van der Waals surface area contributed by atoms with E-state index in [0.717, 1.165) is 63.5 Å². The van der Waals surface area contributed by atoms with Crippen molar-refractivity contribution in [3.05, 3.63) is 0 Å². The van der Waals surface area contributed by atoms with Gasteiger partial charge >= 0.3 is 0 Å². The molecule has 0 bridgehead atoms. The fourth-order valence-electron chi connectivity index (χ4n) is 3.67. The average Bonchev–Trinajstić information content (AvgIpc) is 2.88. The molecule has 2 fully saturated rings. The fraction of sp³-hybridized carbons (Fsp3) is 0.800. The number of likely N-dealkylation sites (tertiary alicyclic amines) is 1. The number of nitriles is 1. The van der Waals surface area contributed by atoms with Crippen LogP contribution in [-0.2, 0) is 4.79 Å². The highest BCUT2D eigenvalue weighted by Gasteiger charge is 2.49. The number of hydrogen-bond donors (Lipinski definition) is 1. The van der Waals surface area contributed by atoms with Gasteiger partial charge in [0, 0.05) is 13.1 Å². The number of hydrogen-bond acceptors (Lipinski definition) is 4. The third-order valence-corrected chi connectivity index (χ3v) is 5.04. The lowest BCUT2D eigenvalue weighted by molar-refractivity contribution is -0.124. The van der Waals surface area contributed by atoms with Crippen LogP contribution >= 0.6 is 0 Å². The molecule has 2 heterocycles. The molecule has 0 aromatic rings. The van der Waals surface area contributed by atoms with Crippen LogP contribution in [0, 0.1) is 23.2 Å². The summed E-state index contributed by atoms with van der Waals surface area (Å²) in [4.78, 5) is 19.3. The SMILES string of the molecule is CC1CCN(C2=NC3(CCCC3)[C@H](C#N)C(=O)N2)CC1. The van der Waals surface area contributed by atoms with E-state index in [9.17, 15) is 10.1 Å². The van der Waals surface area contributed by atoms with Gasteiger partial charge in [0.2, 0.25) is 11.9 Å². The maximum Gasteiger partial charge on any atom is 0.246 e. The van der Waals surface area contributed by atoms with Crippen LogP contribution < -0.4 is 5.32 Å². The lowest BCUT2D eigenvalue weighted by atomic mass is 9.82. The Labute approximate surface area is 120 Å². The van der Waals surface area contributed by atoms with E-state index < -0.39 is 11.5 Å². The minimum atomic E-state index is -0.613. The second-order valence-electron chi connectivity index (χ2n) is 6.47. The molecule has 0 unspecified atom stereocenters. The molecule has 1 saturated carbocycles. The van der Waals surface area contributed by atoms with Crippen LogP contribution in [0.4, 0.5) is 0 Å². The molecule has 1 atom stereocenters. The topological polar surface area (TPSA) is 68.5 Å². The van der Waals surface area contributed by atoms with Crippen molar-refractivity contribution >= 4 is 11.9 Å². The Kier molecular flexibility index (Phi) is 3.41. The standard InChI is InChI=1S/C15H22N4O/c1-11-4-8-19(9-5-11)14-17-13(20)12(10-16)15(18-14)6-2-3-7-15/h11-12H,2-9H2,1H3,(H,17,18,20)/t12-/m1/s1. The first-order valence-electron chi connectivity index (χ1n) is 7.70. The van der Waals surface area contributed by atoms with E-state index in [1.807, 2.05) is 0 Å². The molecule has 1 N–H and O–H groups in total. The summed E-state index contributed by atoms with van der Waals surface area (Å²) >= 11 is 0. The summed E-state index contributed by atoms with van der Waals surface area (Å²) in [6.45, 7) is 4.17. The Balaban J connectivity index is 1.86. The zero-order chi connectivity index (χ0) is 14.2. The summed E-state index contributed by atoms with van der Waals surface area (Å²) in [6, 6.07) is 2.18. The molecule has 5 heteroatoms. The zero-order valence-electron chi connectivity index (χ0n) is 12.1.